The van der Waals surface area contributed by atoms with Crippen molar-refractivity contribution in [3.63, 3.8) is 0 Å². The van der Waals surface area contributed by atoms with Crippen LogP contribution in [0, 0.1) is 29.6 Å². The summed E-state index contributed by atoms with van der Waals surface area (Å²) in [6.07, 6.45) is 24.8. The zero-order valence-electron chi connectivity index (χ0n) is 29.5. The first-order valence-corrected chi connectivity index (χ1v) is 19.1. The van der Waals surface area contributed by atoms with Crippen LogP contribution in [0.1, 0.15) is 136 Å². The number of hydrogen-bond donors (Lipinski definition) is 7. The Bertz CT molecular complexity index is 1070. The number of carboxylic acids is 1. The minimum atomic E-state index is -0.979. The van der Waals surface area contributed by atoms with Crippen molar-refractivity contribution in [1.82, 2.24) is 10.6 Å². The molecule has 8 atom stereocenters. The molecule has 0 aromatic heterocycles. The fraction of sp³-hybridized carbons (Fsp3) is 0.821. The molecule has 0 aromatic carbocycles. The standard InChI is InChI=1S/C39H67N3O5/c1-3-4-6-11-28-14-15-30(35(44)23-28)12-7-5-8-13-33(37(45)46)34(43)16-20-39(47)25-31(22-29-17-21-41-36(40)24-29)32(26-39)27-42-38(2)18-9-10-19-38/h14-15,17,24,28,30-35,41-44,47H,3-13,16,18-23,25-27,40H2,1-2H3,(H,45,46). The first kappa shape index (κ1) is 37.9. The van der Waals surface area contributed by atoms with Crippen molar-refractivity contribution in [2.24, 2.45) is 35.3 Å². The van der Waals surface area contributed by atoms with Crippen LogP contribution in [0.4, 0.5) is 0 Å². The van der Waals surface area contributed by atoms with Crippen LogP contribution in [0.25, 0.3) is 0 Å². The largest absolute Gasteiger partial charge is 0.481 e. The minimum Gasteiger partial charge on any atom is -0.481 e. The van der Waals surface area contributed by atoms with Crippen molar-refractivity contribution < 1.29 is 25.2 Å². The molecule has 2 fully saturated rings. The van der Waals surface area contributed by atoms with Crippen LogP contribution >= 0.6 is 0 Å². The molecular formula is C39H67N3O5. The zero-order chi connectivity index (χ0) is 33.9. The monoisotopic (exact) mass is 658 g/mol. The summed E-state index contributed by atoms with van der Waals surface area (Å²) >= 11 is 0. The summed E-state index contributed by atoms with van der Waals surface area (Å²) in [4.78, 5) is 12.2. The molecule has 4 aliphatic rings. The second-order valence-electron chi connectivity index (χ2n) is 16.1. The lowest BCUT2D eigenvalue weighted by atomic mass is 9.81. The summed E-state index contributed by atoms with van der Waals surface area (Å²) in [6.45, 7) is 6.11. The van der Waals surface area contributed by atoms with Gasteiger partial charge in [0.25, 0.3) is 0 Å². The molecule has 0 saturated heterocycles. The molecule has 8 N–H and O–H groups in total. The topological polar surface area (TPSA) is 148 Å². The molecule has 0 bridgehead atoms. The van der Waals surface area contributed by atoms with E-state index in [1.165, 1.54) is 50.5 Å². The Morgan fingerprint density at radius 1 is 1.06 bits per heavy atom. The maximum atomic E-state index is 12.2. The fourth-order valence-corrected chi connectivity index (χ4v) is 9.01. The van der Waals surface area contributed by atoms with Gasteiger partial charge in [-0.2, -0.15) is 0 Å². The highest BCUT2D eigenvalue weighted by Crippen LogP contribution is 2.46. The summed E-state index contributed by atoms with van der Waals surface area (Å²) in [5.74, 6) is 0.179. The number of aliphatic hydroxyl groups excluding tert-OH is 2. The van der Waals surface area contributed by atoms with Crippen LogP contribution < -0.4 is 16.4 Å². The van der Waals surface area contributed by atoms with Crippen molar-refractivity contribution in [3.8, 4) is 0 Å². The molecule has 0 aromatic rings. The van der Waals surface area contributed by atoms with Crippen molar-refractivity contribution in [1.29, 1.82) is 0 Å². The van der Waals surface area contributed by atoms with E-state index < -0.39 is 23.6 Å². The molecule has 2 saturated carbocycles. The quantitative estimate of drug-likeness (QED) is 0.0595. The van der Waals surface area contributed by atoms with Gasteiger partial charge in [0.1, 0.15) is 0 Å². The van der Waals surface area contributed by atoms with E-state index in [1.807, 2.05) is 6.08 Å². The van der Waals surface area contributed by atoms with Crippen LogP contribution in [-0.2, 0) is 4.79 Å². The Hall–Kier alpha value is -1.87. The number of nitrogens with two attached hydrogens (primary N) is 1. The number of allylic oxidation sites excluding steroid dienone is 3. The molecule has 1 aliphatic heterocycles. The average molecular weight is 658 g/mol. The molecule has 8 heteroatoms. The third-order valence-electron chi connectivity index (χ3n) is 12.0. The van der Waals surface area contributed by atoms with Crippen LogP contribution in [0.15, 0.2) is 35.7 Å². The number of nitrogens with one attached hydrogen (secondary N) is 2. The lowest BCUT2D eigenvalue weighted by Gasteiger charge is -2.30. The van der Waals surface area contributed by atoms with Crippen LogP contribution in [0.3, 0.4) is 0 Å². The summed E-state index contributed by atoms with van der Waals surface area (Å²) in [5, 5.41) is 50.5. The Balaban J connectivity index is 1.23. The summed E-state index contributed by atoms with van der Waals surface area (Å²) in [6, 6.07) is 0. The van der Waals surface area contributed by atoms with E-state index in [0.29, 0.717) is 49.3 Å². The molecule has 0 spiro atoms. The van der Waals surface area contributed by atoms with Gasteiger partial charge >= 0.3 is 5.97 Å². The van der Waals surface area contributed by atoms with Gasteiger partial charge in [-0.25, -0.2) is 0 Å². The van der Waals surface area contributed by atoms with E-state index in [-0.39, 0.29) is 24.0 Å². The van der Waals surface area contributed by atoms with Crippen molar-refractivity contribution >= 4 is 5.97 Å². The number of aliphatic hydroxyl groups is 3. The van der Waals surface area contributed by atoms with Gasteiger partial charge in [0, 0.05) is 18.0 Å². The minimum absolute atomic E-state index is 0.165. The third kappa shape index (κ3) is 11.9. The van der Waals surface area contributed by atoms with Crippen LogP contribution in [0.5, 0.6) is 0 Å². The van der Waals surface area contributed by atoms with Crippen molar-refractivity contribution in [3.05, 3.63) is 35.7 Å². The highest BCUT2D eigenvalue weighted by Gasteiger charge is 2.45. The molecule has 8 unspecified atom stereocenters. The lowest BCUT2D eigenvalue weighted by Crippen LogP contribution is -2.43. The smallest absolute Gasteiger partial charge is 0.309 e. The molecule has 268 valence electrons. The van der Waals surface area contributed by atoms with Gasteiger partial charge in [0.15, 0.2) is 0 Å². The van der Waals surface area contributed by atoms with Gasteiger partial charge in [-0.05, 0) is 114 Å². The number of carbonyl (C=O) groups is 1. The van der Waals surface area contributed by atoms with E-state index in [1.54, 1.807) is 0 Å². The van der Waals surface area contributed by atoms with E-state index >= 15 is 0 Å². The van der Waals surface area contributed by atoms with E-state index in [2.05, 4.69) is 42.7 Å². The van der Waals surface area contributed by atoms with Crippen LogP contribution in [0.2, 0.25) is 0 Å². The Kier molecular flexibility index (Phi) is 14.7. The summed E-state index contributed by atoms with van der Waals surface area (Å²) in [7, 11) is 0. The van der Waals surface area contributed by atoms with Crippen LogP contribution in [-0.4, -0.2) is 62.8 Å². The zero-order valence-corrected chi connectivity index (χ0v) is 29.5. The van der Waals surface area contributed by atoms with Gasteiger partial charge in [0.2, 0.25) is 0 Å². The Morgan fingerprint density at radius 3 is 2.51 bits per heavy atom. The van der Waals surface area contributed by atoms with Crippen molar-refractivity contribution in [2.45, 2.75) is 159 Å². The average Bonchev–Trinajstić information content (AvgIpc) is 3.60. The van der Waals surface area contributed by atoms with E-state index in [9.17, 15) is 25.2 Å². The predicted molar refractivity (Wildman–Crippen MR) is 189 cm³/mol. The lowest BCUT2D eigenvalue weighted by molar-refractivity contribution is -0.146. The van der Waals surface area contributed by atoms with Gasteiger partial charge in [0.05, 0.1) is 29.5 Å². The van der Waals surface area contributed by atoms with Gasteiger partial charge in [-0.1, -0.05) is 76.5 Å². The maximum Gasteiger partial charge on any atom is 0.309 e. The summed E-state index contributed by atoms with van der Waals surface area (Å²) in [5.41, 5.74) is 6.51. The normalized spacial score (nSPS) is 31.6. The van der Waals surface area contributed by atoms with Gasteiger partial charge in [-0.3, -0.25) is 4.79 Å². The molecule has 1 heterocycles. The Morgan fingerprint density at radius 2 is 1.81 bits per heavy atom. The molecule has 0 amide bonds. The first-order valence-electron chi connectivity index (χ1n) is 19.1. The number of aliphatic carboxylic acids is 1. The van der Waals surface area contributed by atoms with E-state index in [0.717, 1.165) is 58.0 Å². The Labute approximate surface area is 284 Å². The maximum absolute atomic E-state index is 12.2. The molecule has 47 heavy (non-hydrogen) atoms. The van der Waals surface area contributed by atoms with Gasteiger partial charge < -0.3 is 36.8 Å². The molecular weight excluding hydrogens is 590 g/mol. The predicted octanol–water partition coefficient (Wildman–Crippen LogP) is 6.31. The molecule has 0 radical (unpaired) electrons. The van der Waals surface area contributed by atoms with E-state index in [4.69, 9.17) is 5.73 Å². The number of dihydropyridines is 1. The highest BCUT2D eigenvalue weighted by atomic mass is 16.4. The SMILES string of the molecule is CCCCCC1C=CC(CCCCCC(C(=O)O)C(O)CCC2(O)CC(CNC3(C)CCCC3)C(CC3=CCNC(N)=C3)C2)C(O)C1. The highest BCUT2D eigenvalue weighted by molar-refractivity contribution is 5.70. The number of rotatable bonds is 20. The third-order valence-corrected chi connectivity index (χ3v) is 12.0. The second-order valence-corrected chi connectivity index (χ2v) is 16.1. The number of hydrogen-bond acceptors (Lipinski definition) is 7. The van der Waals surface area contributed by atoms with Crippen molar-refractivity contribution in [2.75, 3.05) is 13.1 Å². The second kappa shape index (κ2) is 18.2. The first-order chi connectivity index (χ1) is 22.5. The fourth-order valence-electron chi connectivity index (χ4n) is 9.01. The summed E-state index contributed by atoms with van der Waals surface area (Å²) < 4.78 is 0. The number of unbranched alkanes of at least 4 members (excludes halogenated alkanes) is 4. The number of carboxylic acid groups (broad SMARTS) is 1. The molecule has 8 nitrogen and oxygen atoms in total. The molecule has 3 aliphatic carbocycles. The molecule has 4 rings (SSSR count). The van der Waals surface area contributed by atoms with Gasteiger partial charge in [-0.15, -0.1) is 0 Å².